The zero-order chi connectivity index (χ0) is 13.7. The van der Waals surface area contributed by atoms with E-state index in [0.29, 0.717) is 6.04 Å². The van der Waals surface area contributed by atoms with Crippen molar-refractivity contribution in [3.8, 4) is 0 Å². The van der Waals surface area contributed by atoms with Crippen molar-refractivity contribution < 1.29 is 0 Å². The molecule has 0 aromatic carbocycles. The second-order valence-electron chi connectivity index (χ2n) is 5.45. The monoisotopic (exact) mass is 262 g/mol. The van der Waals surface area contributed by atoms with E-state index in [2.05, 4.69) is 46.2 Å². The molecule has 4 heteroatoms. The van der Waals surface area contributed by atoms with E-state index in [1.54, 1.807) is 0 Å². The predicted molar refractivity (Wildman–Crippen MR) is 80.4 cm³/mol. The van der Waals surface area contributed by atoms with Crippen LogP contribution in [0, 0.1) is 0 Å². The zero-order valence-electron chi connectivity index (χ0n) is 12.4. The molecular weight excluding hydrogens is 236 g/mol. The summed E-state index contributed by atoms with van der Waals surface area (Å²) in [4.78, 5) is 9.47. The second kappa shape index (κ2) is 6.87. The van der Waals surface area contributed by atoms with E-state index in [0.717, 1.165) is 12.4 Å². The molecule has 1 aromatic rings. The topological polar surface area (TPSA) is 31.4 Å². The molecule has 1 aromatic heterocycles. The fraction of sp³-hybridized carbons (Fsp3) is 0.667. The smallest absolute Gasteiger partial charge is 0.125 e. The largest absolute Gasteiger partial charge is 0.373 e. The predicted octanol–water partition coefficient (Wildman–Crippen LogP) is 2.04. The minimum Gasteiger partial charge on any atom is -0.373 e. The van der Waals surface area contributed by atoms with Crippen LogP contribution in [-0.4, -0.2) is 54.6 Å². The van der Waals surface area contributed by atoms with Gasteiger partial charge in [0.25, 0.3) is 0 Å². The lowest BCUT2D eigenvalue weighted by Gasteiger charge is -2.30. The minimum absolute atomic E-state index is 0.663. The standard InChI is InChI=1S/C15H26N4/c1-4-14-12-18(3)8-5-9-19(14)11-13-6-7-15(16-2)17-10-13/h6-7,10,14H,4-5,8-9,11-12H2,1-3H3,(H,16,17). The quantitative estimate of drug-likeness (QED) is 0.900. The first-order valence-corrected chi connectivity index (χ1v) is 7.28. The number of nitrogens with zero attached hydrogens (tertiary/aromatic N) is 3. The van der Waals surface area contributed by atoms with Crippen LogP contribution >= 0.6 is 0 Å². The van der Waals surface area contributed by atoms with Crippen molar-refractivity contribution in [3.05, 3.63) is 23.9 Å². The van der Waals surface area contributed by atoms with Crippen molar-refractivity contribution in [2.75, 3.05) is 39.0 Å². The van der Waals surface area contributed by atoms with Gasteiger partial charge in [-0.2, -0.15) is 0 Å². The zero-order valence-corrected chi connectivity index (χ0v) is 12.4. The average molecular weight is 262 g/mol. The third-order valence-corrected chi connectivity index (χ3v) is 3.96. The first-order chi connectivity index (χ1) is 9.22. The third kappa shape index (κ3) is 3.91. The molecule has 0 saturated carbocycles. The van der Waals surface area contributed by atoms with Crippen molar-refractivity contribution >= 4 is 5.82 Å². The van der Waals surface area contributed by atoms with Crippen LogP contribution in [0.5, 0.6) is 0 Å². The summed E-state index contributed by atoms with van der Waals surface area (Å²) in [6, 6.07) is 4.90. The molecule has 1 saturated heterocycles. The number of aromatic nitrogens is 1. The molecule has 1 N–H and O–H groups in total. The van der Waals surface area contributed by atoms with E-state index >= 15 is 0 Å². The highest BCUT2D eigenvalue weighted by atomic mass is 15.2. The molecule has 1 fully saturated rings. The molecule has 0 aliphatic carbocycles. The Labute approximate surface area is 116 Å². The Bertz CT molecular complexity index is 376. The van der Waals surface area contributed by atoms with Crippen LogP contribution in [-0.2, 0) is 6.54 Å². The fourth-order valence-corrected chi connectivity index (χ4v) is 2.79. The summed E-state index contributed by atoms with van der Waals surface area (Å²) in [7, 11) is 4.13. The maximum Gasteiger partial charge on any atom is 0.125 e. The van der Waals surface area contributed by atoms with Gasteiger partial charge in [-0.15, -0.1) is 0 Å². The molecule has 4 nitrogen and oxygen atoms in total. The van der Waals surface area contributed by atoms with E-state index in [-0.39, 0.29) is 0 Å². The highest BCUT2D eigenvalue weighted by Crippen LogP contribution is 2.16. The van der Waals surface area contributed by atoms with Crippen LogP contribution < -0.4 is 5.32 Å². The van der Waals surface area contributed by atoms with Gasteiger partial charge in [0.15, 0.2) is 0 Å². The van der Waals surface area contributed by atoms with E-state index in [4.69, 9.17) is 0 Å². The lowest BCUT2D eigenvalue weighted by atomic mass is 10.1. The molecule has 0 spiro atoms. The maximum atomic E-state index is 4.40. The van der Waals surface area contributed by atoms with Crippen molar-refractivity contribution in [1.29, 1.82) is 0 Å². The SMILES string of the molecule is CCC1CN(C)CCCN1Cc1ccc(NC)nc1. The van der Waals surface area contributed by atoms with Crippen molar-refractivity contribution in [2.45, 2.75) is 32.4 Å². The van der Waals surface area contributed by atoms with Crippen LogP contribution in [0.2, 0.25) is 0 Å². The summed E-state index contributed by atoms with van der Waals surface area (Å²) in [5, 5.41) is 3.06. The van der Waals surface area contributed by atoms with Gasteiger partial charge in [-0.05, 0) is 38.1 Å². The normalized spacial score (nSPS) is 22.2. The number of anilines is 1. The first-order valence-electron chi connectivity index (χ1n) is 7.28. The van der Waals surface area contributed by atoms with Gasteiger partial charge in [0, 0.05) is 38.9 Å². The van der Waals surface area contributed by atoms with E-state index < -0.39 is 0 Å². The van der Waals surface area contributed by atoms with Crippen molar-refractivity contribution in [2.24, 2.45) is 0 Å². The van der Waals surface area contributed by atoms with Gasteiger partial charge in [0.05, 0.1) is 0 Å². The highest BCUT2D eigenvalue weighted by molar-refractivity contribution is 5.34. The maximum absolute atomic E-state index is 4.40. The fourth-order valence-electron chi connectivity index (χ4n) is 2.79. The number of pyridine rings is 1. The molecule has 0 amide bonds. The summed E-state index contributed by atoms with van der Waals surface area (Å²) < 4.78 is 0. The summed E-state index contributed by atoms with van der Waals surface area (Å²) in [5.41, 5.74) is 1.31. The summed E-state index contributed by atoms with van der Waals surface area (Å²) in [6.45, 7) is 6.89. The molecule has 106 valence electrons. The first kappa shape index (κ1) is 14.3. The number of hydrogen-bond donors (Lipinski definition) is 1. The molecule has 1 unspecified atom stereocenters. The highest BCUT2D eigenvalue weighted by Gasteiger charge is 2.21. The molecule has 1 atom stereocenters. The van der Waals surface area contributed by atoms with Crippen LogP contribution in [0.25, 0.3) is 0 Å². The van der Waals surface area contributed by atoms with Crippen molar-refractivity contribution in [1.82, 2.24) is 14.8 Å². The molecule has 0 radical (unpaired) electrons. The van der Waals surface area contributed by atoms with Gasteiger partial charge in [-0.25, -0.2) is 4.98 Å². The van der Waals surface area contributed by atoms with Crippen LogP contribution in [0.4, 0.5) is 5.82 Å². The minimum atomic E-state index is 0.663. The van der Waals surface area contributed by atoms with Gasteiger partial charge in [0.2, 0.25) is 0 Å². The Hall–Kier alpha value is -1.13. The Morgan fingerprint density at radius 3 is 2.84 bits per heavy atom. The summed E-state index contributed by atoms with van der Waals surface area (Å²) in [6.07, 6.45) is 4.47. The van der Waals surface area contributed by atoms with Crippen LogP contribution in [0.1, 0.15) is 25.3 Å². The van der Waals surface area contributed by atoms with Gasteiger partial charge < -0.3 is 10.2 Å². The molecule has 19 heavy (non-hydrogen) atoms. The van der Waals surface area contributed by atoms with Crippen molar-refractivity contribution in [3.63, 3.8) is 0 Å². The third-order valence-electron chi connectivity index (χ3n) is 3.96. The molecule has 1 aliphatic rings. The molecule has 0 bridgehead atoms. The molecule has 2 heterocycles. The van der Waals surface area contributed by atoms with Crippen LogP contribution in [0.3, 0.4) is 0 Å². The van der Waals surface area contributed by atoms with E-state index in [9.17, 15) is 0 Å². The van der Waals surface area contributed by atoms with Crippen LogP contribution in [0.15, 0.2) is 18.3 Å². The summed E-state index contributed by atoms with van der Waals surface area (Å²) >= 11 is 0. The Kier molecular flexibility index (Phi) is 5.16. The Morgan fingerprint density at radius 1 is 1.37 bits per heavy atom. The van der Waals surface area contributed by atoms with E-state index in [1.165, 1.54) is 38.0 Å². The lowest BCUT2D eigenvalue weighted by Crippen LogP contribution is -2.39. The molecule has 1 aliphatic heterocycles. The van der Waals surface area contributed by atoms with Gasteiger partial charge in [-0.3, -0.25) is 4.90 Å². The summed E-state index contributed by atoms with van der Waals surface area (Å²) in [5.74, 6) is 0.936. The Balaban J connectivity index is 2.02. The van der Waals surface area contributed by atoms with Gasteiger partial charge in [0.1, 0.15) is 5.82 Å². The number of hydrogen-bond acceptors (Lipinski definition) is 4. The van der Waals surface area contributed by atoms with E-state index in [1.807, 2.05) is 13.2 Å². The second-order valence-corrected chi connectivity index (χ2v) is 5.45. The molecule has 2 rings (SSSR count). The number of rotatable bonds is 4. The van der Waals surface area contributed by atoms with Gasteiger partial charge in [-0.1, -0.05) is 13.0 Å². The average Bonchev–Trinajstić information content (AvgIpc) is 2.61. The lowest BCUT2D eigenvalue weighted by molar-refractivity contribution is 0.176. The number of likely N-dealkylation sites (N-methyl/N-ethyl adjacent to an activating group) is 1. The molecular formula is C15H26N4. The Morgan fingerprint density at radius 2 is 2.21 bits per heavy atom. The number of nitrogens with one attached hydrogen (secondary N) is 1. The van der Waals surface area contributed by atoms with Gasteiger partial charge >= 0.3 is 0 Å².